The van der Waals surface area contributed by atoms with Crippen molar-refractivity contribution in [1.82, 2.24) is 9.97 Å². The van der Waals surface area contributed by atoms with Gasteiger partial charge in [0.25, 0.3) is 0 Å². The molecule has 0 radical (unpaired) electrons. The van der Waals surface area contributed by atoms with Crippen molar-refractivity contribution >= 4 is 15.9 Å². The van der Waals surface area contributed by atoms with Crippen LogP contribution in [0.15, 0.2) is 59.2 Å². The molecule has 0 spiro atoms. The lowest BCUT2D eigenvalue weighted by Crippen LogP contribution is -2.03. The molecule has 2 aromatic carbocycles. The van der Waals surface area contributed by atoms with E-state index in [2.05, 4.69) is 25.9 Å². The van der Waals surface area contributed by atoms with E-state index in [1.165, 1.54) is 0 Å². The van der Waals surface area contributed by atoms with Crippen LogP contribution in [0.25, 0.3) is 0 Å². The molecule has 0 bridgehead atoms. The first-order valence-electron chi connectivity index (χ1n) is 8.22. The summed E-state index contributed by atoms with van der Waals surface area (Å²) in [7, 11) is 3.27. The molecule has 0 N–H and O–H groups in total. The van der Waals surface area contributed by atoms with Crippen molar-refractivity contribution in [2.24, 2.45) is 0 Å². The first kappa shape index (κ1) is 19.0. The number of halogens is 1. The van der Waals surface area contributed by atoms with Crippen molar-refractivity contribution < 1.29 is 18.9 Å². The predicted octanol–water partition coefficient (Wildman–Crippen LogP) is 4.41. The van der Waals surface area contributed by atoms with E-state index >= 15 is 0 Å². The number of methoxy groups -OCH3 is 2. The topological polar surface area (TPSA) is 62.7 Å². The molecule has 1 aromatic heterocycles. The summed E-state index contributed by atoms with van der Waals surface area (Å²) in [5.74, 6) is 2.02. The van der Waals surface area contributed by atoms with Gasteiger partial charge >= 0.3 is 6.01 Å². The maximum absolute atomic E-state index is 5.78. The second kappa shape index (κ2) is 9.23. The Kier molecular flexibility index (Phi) is 6.49. The largest absolute Gasteiger partial charge is 0.497 e. The molecule has 1 heterocycles. The Labute approximate surface area is 166 Å². The molecule has 6 nitrogen and oxygen atoms in total. The third kappa shape index (κ3) is 5.34. The van der Waals surface area contributed by atoms with Crippen molar-refractivity contribution in [2.75, 3.05) is 14.2 Å². The van der Waals surface area contributed by atoms with Crippen LogP contribution in [0.5, 0.6) is 23.4 Å². The van der Waals surface area contributed by atoms with Gasteiger partial charge in [0.15, 0.2) is 0 Å². The molecular formula is C20H19BrN2O4. The highest BCUT2D eigenvalue weighted by Gasteiger charge is 2.08. The minimum Gasteiger partial charge on any atom is -0.497 e. The Morgan fingerprint density at radius 1 is 0.778 bits per heavy atom. The summed E-state index contributed by atoms with van der Waals surface area (Å²) in [5.41, 5.74) is 1.99. The Balaban J connectivity index is 1.60. The van der Waals surface area contributed by atoms with Crippen LogP contribution in [0.3, 0.4) is 0 Å². The van der Waals surface area contributed by atoms with E-state index in [9.17, 15) is 0 Å². The monoisotopic (exact) mass is 430 g/mol. The maximum atomic E-state index is 5.78. The summed E-state index contributed by atoms with van der Waals surface area (Å²) in [6.45, 7) is 0.723. The van der Waals surface area contributed by atoms with Crippen LogP contribution in [0.4, 0.5) is 0 Å². The first-order chi connectivity index (χ1) is 13.2. The minimum atomic E-state index is 0.249. The van der Waals surface area contributed by atoms with Crippen molar-refractivity contribution in [3.63, 3.8) is 0 Å². The zero-order chi connectivity index (χ0) is 19.1. The molecular weight excluding hydrogens is 412 g/mol. The summed E-state index contributed by atoms with van der Waals surface area (Å²) in [6, 6.07) is 15.5. The molecule has 7 heteroatoms. The average molecular weight is 431 g/mol. The zero-order valence-electron chi connectivity index (χ0n) is 15.0. The number of ether oxygens (including phenoxy) is 4. The highest BCUT2D eigenvalue weighted by atomic mass is 79.9. The lowest BCUT2D eigenvalue weighted by molar-refractivity contribution is 0.257. The summed E-state index contributed by atoms with van der Waals surface area (Å²) in [6.07, 6.45) is 1.61. The normalized spacial score (nSPS) is 10.3. The van der Waals surface area contributed by atoms with Crippen LogP contribution in [0.1, 0.15) is 11.1 Å². The highest BCUT2D eigenvalue weighted by molar-refractivity contribution is 9.10. The molecule has 0 amide bonds. The number of hydrogen-bond donors (Lipinski definition) is 0. The Morgan fingerprint density at radius 2 is 1.30 bits per heavy atom. The lowest BCUT2D eigenvalue weighted by Gasteiger charge is -2.10. The highest BCUT2D eigenvalue weighted by Crippen LogP contribution is 2.25. The third-order valence-electron chi connectivity index (χ3n) is 3.75. The zero-order valence-corrected chi connectivity index (χ0v) is 16.6. The van der Waals surface area contributed by atoms with Gasteiger partial charge in [0.2, 0.25) is 5.88 Å². The van der Waals surface area contributed by atoms with E-state index in [1.54, 1.807) is 20.4 Å². The van der Waals surface area contributed by atoms with Crippen LogP contribution in [0, 0.1) is 0 Å². The summed E-state index contributed by atoms with van der Waals surface area (Å²) < 4.78 is 22.4. The van der Waals surface area contributed by atoms with Crippen LogP contribution < -0.4 is 18.9 Å². The lowest BCUT2D eigenvalue weighted by atomic mass is 10.2. The van der Waals surface area contributed by atoms with Crippen molar-refractivity contribution in [1.29, 1.82) is 0 Å². The van der Waals surface area contributed by atoms with Gasteiger partial charge in [0, 0.05) is 0 Å². The van der Waals surface area contributed by atoms with E-state index in [-0.39, 0.29) is 6.01 Å². The second-order valence-electron chi connectivity index (χ2n) is 5.58. The van der Waals surface area contributed by atoms with E-state index in [0.717, 1.165) is 22.6 Å². The molecule has 0 aliphatic rings. The molecule has 0 saturated carbocycles. The van der Waals surface area contributed by atoms with Crippen molar-refractivity contribution in [3.8, 4) is 23.4 Å². The van der Waals surface area contributed by atoms with Gasteiger partial charge < -0.3 is 18.9 Å². The van der Waals surface area contributed by atoms with Gasteiger partial charge in [-0.3, -0.25) is 0 Å². The van der Waals surface area contributed by atoms with Crippen molar-refractivity contribution in [3.05, 3.63) is 70.3 Å². The van der Waals surface area contributed by atoms with Crippen LogP contribution >= 0.6 is 15.9 Å². The van der Waals surface area contributed by atoms with Gasteiger partial charge in [-0.05, 0) is 51.3 Å². The fourth-order valence-corrected chi connectivity index (χ4v) is 2.56. The summed E-state index contributed by atoms with van der Waals surface area (Å²) in [4.78, 5) is 8.48. The second-order valence-corrected chi connectivity index (χ2v) is 6.43. The van der Waals surface area contributed by atoms with E-state index in [1.807, 2.05) is 48.5 Å². The number of hydrogen-bond acceptors (Lipinski definition) is 6. The van der Waals surface area contributed by atoms with Crippen molar-refractivity contribution in [2.45, 2.75) is 13.2 Å². The van der Waals surface area contributed by atoms with Gasteiger partial charge in [-0.1, -0.05) is 24.3 Å². The predicted molar refractivity (Wildman–Crippen MR) is 104 cm³/mol. The summed E-state index contributed by atoms with van der Waals surface area (Å²) >= 11 is 3.40. The van der Waals surface area contributed by atoms with E-state index in [4.69, 9.17) is 18.9 Å². The minimum absolute atomic E-state index is 0.249. The molecule has 3 rings (SSSR count). The van der Waals surface area contributed by atoms with E-state index < -0.39 is 0 Å². The van der Waals surface area contributed by atoms with Gasteiger partial charge in [-0.2, -0.15) is 4.98 Å². The molecule has 140 valence electrons. The third-order valence-corrected chi connectivity index (χ3v) is 4.30. The standard InChI is InChI=1S/C20H19BrN2O4/c1-24-16-7-3-14(4-8-16)12-26-19-18(21)11-22-20(23-19)27-13-15-5-9-17(25-2)10-6-15/h3-11H,12-13H2,1-2H3. The number of benzene rings is 2. The Morgan fingerprint density at radius 3 is 1.81 bits per heavy atom. The molecule has 0 saturated heterocycles. The van der Waals surface area contributed by atoms with Gasteiger partial charge in [-0.25, -0.2) is 4.98 Å². The maximum Gasteiger partial charge on any atom is 0.320 e. The molecule has 27 heavy (non-hydrogen) atoms. The van der Waals surface area contributed by atoms with Gasteiger partial charge in [0.1, 0.15) is 24.7 Å². The van der Waals surface area contributed by atoms with Crippen LogP contribution in [0.2, 0.25) is 0 Å². The first-order valence-corrected chi connectivity index (χ1v) is 9.01. The van der Waals surface area contributed by atoms with E-state index in [0.29, 0.717) is 23.6 Å². The quantitative estimate of drug-likeness (QED) is 0.527. The average Bonchev–Trinajstić information content (AvgIpc) is 2.73. The molecule has 0 aliphatic heterocycles. The number of nitrogens with zero attached hydrogens (tertiary/aromatic N) is 2. The molecule has 0 fully saturated rings. The van der Waals surface area contributed by atoms with Gasteiger partial charge in [0.05, 0.1) is 24.9 Å². The molecule has 0 aliphatic carbocycles. The van der Waals surface area contributed by atoms with Crippen LogP contribution in [-0.4, -0.2) is 24.2 Å². The fourth-order valence-electron chi connectivity index (χ4n) is 2.25. The molecule has 0 unspecified atom stereocenters. The molecule has 0 atom stereocenters. The van der Waals surface area contributed by atoms with Gasteiger partial charge in [-0.15, -0.1) is 0 Å². The molecule has 3 aromatic rings. The number of aromatic nitrogens is 2. The SMILES string of the molecule is COc1ccc(COc2ncc(Br)c(OCc3ccc(OC)cc3)n2)cc1. The number of rotatable bonds is 8. The van der Waals surface area contributed by atoms with Crippen LogP contribution in [-0.2, 0) is 13.2 Å². The Bertz CT molecular complexity index is 870. The summed E-state index contributed by atoms with van der Waals surface area (Å²) in [5, 5.41) is 0. The smallest absolute Gasteiger partial charge is 0.320 e. The Hall–Kier alpha value is -2.80. The fraction of sp³-hybridized carbons (Fsp3) is 0.200.